The van der Waals surface area contributed by atoms with Crippen molar-refractivity contribution in [1.29, 1.82) is 0 Å². The number of hydroxylamine groups is 2. The summed E-state index contributed by atoms with van der Waals surface area (Å²) in [5.74, 6) is 3.90. The van der Waals surface area contributed by atoms with E-state index >= 15 is 0 Å². The summed E-state index contributed by atoms with van der Waals surface area (Å²) in [5, 5.41) is 2.25. The molecular weight excluding hydrogens is 150 g/mol. The highest BCUT2D eigenvalue weighted by Crippen LogP contribution is 2.55. The molecule has 3 saturated carbocycles. The average Bonchev–Trinajstić information content (AvgIpc) is 2.40. The minimum absolute atomic E-state index is 0.641. The molecule has 2 saturated heterocycles. The maximum Gasteiger partial charge on any atom is 0.0865 e. The van der Waals surface area contributed by atoms with Crippen LogP contribution < -0.4 is 0 Å². The quantitative estimate of drug-likeness (QED) is 0.536. The van der Waals surface area contributed by atoms with Crippen LogP contribution in [0.25, 0.3) is 0 Å². The molecule has 5 rings (SSSR count). The van der Waals surface area contributed by atoms with Gasteiger partial charge in [0.15, 0.2) is 0 Å². The predicted molar refractivity (Wildman–Crippen MR) is 44.3 cm³/mol. The van der Waals surface area contributed by atoms with Crippen molar-refractivity contribution >= 4 is 0 Å². The summed E-state index contributed by atoms with van der Waals surface area (Å²) in [6.07, 6.45) is 5.08. The van der Waals surface area contributed by atoms with E-state index in [4.69, 9.17) is 4.84 Å². The van der Waals surface area contributed by atoms with E-state index in [0.717, 1.165) is 23.7 Å². The van der Waals surface area contributed by atoms with E-state index in [9.17, 15) is 0 Å². The molecule has 0 aromatic heterocycles. The van der Waals surface area contributed by atoms with Crippen LogP contribution in [-0.2, 0) is 4.84 Å². The molecule has 0 amide bonds. The molecule has 2 aliphatic heterocycles. The second-order valence-electron chi connectivity index (χ2n) is 5.08. The Balaban J connectivity index is 1.84. The van der Waals surface area contributed by atoms with Crippen molar-refractivity contribution in [3.8, 4) is 0 Å². The Kier molecular flexibility index (Phi) is 0.999. The van der Waals surface area contributed by atoms with Crippen LogP contribution in [0, 0.1) is 23.7 Å². The van der Waals surface area contributed by atoms with Gasteiger partial charge in [-0.2, -0.15) is 5.06 Å². The number of hydrogen-bond acceptors (Lipinski definition) is 2. The van der Waals surface area contributed by atoms with Gasteiger partial charge in [0.1, 0.15) is 0 Å². The molecule has 0 aromatic rings. The van der Waals surface area contributed by atoms with Crippen LogP contribution >= 0.6 is 0 Å². The summed E-state index contributed by atoms with van der Waals surface area (Å²) in [4.78, 5) is 5.94. The average molecular weight is 165 g/mol. The molecule has 2 nitrogen and oxygen atoms in total. The SMILES string of the molecule is C1CC2C3CC1C1ON(C3)CC21. The number of hydrogen-bond donors (Lipinski definition) is 0. The Morgan fingerprint density at radius 2 is 2.00 bits per heavy atom. The summed E-state index contributed by atoms with van der Waals surface area (Å²) < 4.78 is 0. The third-order valence-electron chi connectivity index (χ3n) is 4.64. The maximum atomic E-state index is 5.94. The summed E-state index contributed by atoms with van der Waals surface area (Å²) >= 11 is 0. The van der Waals surface area contributed by atoms with E-state index in [-0.39, 0.29) is 0 Å². The van der Waals surface area contributed by atoms with Crippen LogP contribution in [0.2, 0.25) is 0 Å². The molecule has 0 aromatic carbocycles. The van der Waals surface area contributed by atoms with Gasteiger partial charge in [0, 0.05) is 19.0 Å². The second-order valence-corrected chi connectivity index (χ2v) is 5.08. The molecule has 3 aliphatic carbocycles. The monoisotopic (exact) mass is 165 g/mol. The summed E-state index contributed by atoms with van der Waals surface area (Å²) in [5.41, 5.74) is 0. The van der Waals surface area contributed by atoms with Crippen LogP contribution in [0.1, 0.15) is 19.3 Å². The standard InChI is InChI=1S/C10H15NO/c1-2-8-7-3-6(1)10-9(8)5-11(4-7)12-10/h6-10H,1-5H2. The van der Waals surface area contributed by atoms with Crippen molar-refractivity contribution in [2.24, 2.45) is 23.7 Å². The molecule has 2 heterocycles. The molecule has 5 fully saturated rings. The highest BCUT2D eigenvalue weighted by Gasteiger charge is 2.57. The Morgan fingerprint density at radius 3 is 3.00 bits per heavy atom. The second kappa shape index (κ2) is 1.88. The first kappa shape index (κ1) is 6.39. The van der Waals surface area contributed by atoms with Crippen LogP contribution in [0.4, 0.5) is 0 Å². The Hall–Kier alpha value is -0.0800. The number of piperidine rings is 1. The van der Waals surface area contributed by atoms with Gasteiger partial charge in [-0.05, 0) is 37.0 Å². The van der Waals surface area contributed by atoms with Crippen molar-refractivity contribution in [3.05, 3.63) is 0 Å². The Bertz CT molecular complexity index is 219. The van der Waals surface area contributed by atoms with E-state index in [0.29, 0.717) is 6.10 Å². The van der Waals surface area contributed by atoms with E-state index in [1.165, 1.54) is 32.4 Å². The number of fused-ring (bicyclic) bond motifs is 2. The lowest BCUT2D eigenvalue weighted by atomic mass is 9.57. The number of rotatable bonds is 0. The lowest BCUT2D eigenvalue weighted by Gasteiger charge is -2.49. The first-order valence-corrected chi connectivity index (χ1v) is 5.33. The zero-order chi connectivity index (χ0) is 7.71. The van der Waals surface area contributed by atoms with Crippen molar-refractivity contribution in [2.75, 3.05) is 13.1 Å². The largest absolute Gasteiger partial charge is 0.295 e. The zero-order valence-corrected chi connectivity index (χ0v) is 7.28. The van der Waals surface area contributed by atoms with Crippen LogP contribution in [0.3, 0.4) is 0 Å². The highest BCUT2D eigenvalue weighted by atomic mass is 16.7. The molecule has 6 atom stereocenters. The lowest BCUT2D eigenvalue weighted by Crippen LogP contribution is -2.50. The molecule has 6 unspecified atom stereocenters. The summed E-state index contributed by atoms with van der Waals surface area (Å²) in [6.45, 7) is 2.50. The molecule has 5 bridgehead atoms. The van der Waals surface area contributed by atoms with Gasteiger partial charge in [0.25, 0.3) is 0 Å². The van der Waals surface area contributed by atoms with Gasteiger partial charge in [-0.15, -0.1) is 0 Å². The van der Waals surface area contributed by atoms with Crippen molar-refractivity contribution in [2.45, 2.75) is 25.4 Å². The van der Waals surface area contributed by atoms with Gasteiger partial charge >= 0.3 is 0 Å². The van der Waals surface area contributed by atoms with Crippen molar-refractivity contribution in [3.63, 3.8) is 0 Å². The third-order valence-corrected chi connectivity index (χ3v) is 4.64. The fourth-order valence-corrected chi connectivity index (χ4v) is 4.22. The minimum atomic E-state index is 0.641. The van der Waals surface area contributed by atoms with E-state index in [1.807, 2.05) is 0 Å². The number of nitrogens with zero attached hydrogens (tertiary/aromatic N) is 1. The molecule has 5 aliphatic rings. The maximum absolute atomic E-state index is 5.94. The van der Waals surface area contributed by atoms with E-state index in [2.05, 4.69) is 5.06 Å². The predicted octanol–water partition coefficient (Wildman–Crippen LogP) is 1.28. The smallest absolute Gasteiger partial charge is 0.0865 e. The van der Waals surface area contributed by atoms with E-state index in [1.54, 1.807) is 0 Å². The fraction of sp³-hybridized carbons (Fsp3) is 1.00. The molecular formula is C10H15NO. The van der Waals surface area contributed by atoms with Gasteiger partial charge in [0.05, 0.1) is 6.10 Å². The Morgan fingerprint density at radius 1 is 1.00 bits per heavy atom. The summed E-state index contributed by atoms with van der Waals surface area (Å²) in [7, 11) is 0. The van der Waals surface area contributed by atoms with Crippen LogP contribution in [0.15, 0.2) is 0 Å². The minimum Gasteiger partial charge on any atom is -0.295 e. The van der Waals surface area contributed by atoms with Crippen molar-refractivity contribution < 1.29 is 4.84 Å². The van der Waals surface area contributed by atoms with Gasteiger partial charge in [-0.3, -0.25) is 4.84 Å². The van der Waals surface area contributed by atoms with E-state index < -0.39 is 0 Å². The third kappa shape index (κ3) is 0.579. The van der Waals surface area contributed by atoms with Gasteiger partial charge < -0.3 is 0 Å². The molecule has 66 valence electrons. The van der Waals surface area contributed by atoms with Crippen LogP contribution in [0.5, 0.6) is 0 Å². The van der Waals surface area contributed by atoms with Gasteiger partial charge in [0.2, 0.25) is 0 Å². The van der Waals surface area contributed by atoms with Gasteiger partial charge in [-0.1, -0.05) is 0 Å². The molecule has 0 N–H and O–H groups in total. The molecule has 0 radical (unpaired) electrons. The summed E-state index contributed by atoms with van der Waals surface area (Å²) in [6, 6.07) is 0. The fourth-order valence-electron chi connectivity index (χ4n) is 4.22. The van der Waals surface area contributed by atoms with Crippen molar-refractivity contribution in [1.82, 2.24) is 5.06 Å². The zero-order valence-electron chi connectivity index (χ0n) is 7.28. The molecule has 2 heteroatoms. The normalized spacial score (nSPS) is 66.0. The highest BCUT2D eigenvalue weighted by molar-refractivity contribution is 5.04. The first-order valence-electron chi connectivity index (χ1n) is 5.33. The Labute approximate surface area is 72.8 Å². The lowest BCUT2D eigenvalue weighted by molar-refractivity contribution is -0.148. The topological polar surface area (TPSA) is 12.5 Å². The van der Waals surface area contributed by atoms with Crippen LogP contribution in [-0.4, -0.2) is 24.3 Å². The molecule has 0 spiro atoms. The van der Waals surface area contributed by atoms with Gasteiger partial charge in [-0.25, -0.2) is 0 Å². The first-order chi connectivity index (χ1) is 5.92. The molecule has 12 heavy (non-hydrogen) atoms.